The highest BCUT2D eigenvalue weighted by atomic mass is 16.6. The van der Waals surface area contributed by atoms with Gasteiger partial charge in [-0.05, 0) is 193 Å². The van der Waals surface area contributed by atoms with Gasteiger partial charge in [-0.15, -0.1) is 0 Å². The molecular weight excluding hydrogens is 1580 g/mol. The van der Waals surface area contributed by atoms with E-state index in [0.717, 1.165) is 112 Å². The maximum atomic E-state index is 13.5. The van der Waals surface area contributed by atoms with Crippen LogP contribution in [0.15, 0.2) is 112 Å². The number of likely N-dealkylation sites (tertiary alicyclic amines) is 2. The Hall–Kier alpha value is -9.18. The van der Waals surface area contributed by atoms with E-state index in [1.54, 1.807) is 18.1 Å². The first-order valence-electron chi connectivity index (χ1n) is 44.4. The number of amides is 3. The van der Waals surface area contributed by atoms with Gasteiger partial charge in [0.2, 0.25) is 17.6 Å². The van der Waals surface area contributed by atoms with Crippen LogP contribution in [-0.4, -0.2) is 243 Å². The standard InChI is InChI=1S/C92H133N13O18/c1-63(15-10-8-11-16-65(3)82(113-7)57-76-17-14-18-81(121-76)86(109)68(6)102-36-12-9-13-37-102)54-67(5)79(107)58-77(101-112)66(4)53-64(2)19-26-74(120-62-106)27-21-69-22-28-75(29-23-69)122-91(111)103-39-33-92(95,34-40-103)89(110)96-35-42-115-44-46-117-48-50-119-52-51-118-49-47-116-45-43-114-41-32-83(108)104-38-31-71-55-70(20-24-73(71)60-104)59-105-88-84(87(93)97-61-98-88)85(100-105)72-25-30-80-78(56-72)99-90(94)123-80/h8,10-11,15-16,20,24-25,30,53,55-56,61-64,67,69,74-77,81-82H,6,9,12-14,17-19,21-23,26-29,31-52,54,57-60,95H2,1-5,7H3,(H2,94,99)(H,96,110)(H2,93,97,98)/b11-8+,15-10+,65-16+,66-53+. The molecule has 31 nitrogen and oxygen atoms in total. The van der Waals surface area contributed by atoms with E-state index in [1.807, 2.05) is 72.9 Å². The van der Waals surface area contributed by atoms with Gasteiger partial charge in [0.05, 0.1) is 121 Å². The highest BCUT2D eigenvalue weighted by molar-refractivity contribution is 6.00. The number of rotatable bonds is 52. The minimum Gasteiger partial charge on any atom is -0.465 e. The third kappa shape index (κ3) is 30.0. The highest BCUT2D eigenvalue weighted by Crippen LogP contribution is 2.36. The van der Waals surface area contributed by atoms with Crippen LogP contribution in [0.1, 0.15) is 180 Å². The number of benzene rings is 2. The number of nitroso groups, excluding NO2 is 1. The first kappa shape index (κ1) is 96.0. The summed E-state index contributed by atoms with van der Waals surface area (Å²) in [5.74, 6) is 0.391. The second-order valence-electron chi connectivity index (χ2n) is 33.7. The average molecular weight is 1710 g/mol. The fraction of sp³-hybridized carbons (Fsp3) is 0.630. The summed E-state index contributed by atoms with van der Waals surface area (Å²) in [6.07, 6.45) is 26.9. The number of methoxy groups -OCH3 is 1. The zero-order chi connectivity index (χ0) is 87.5. The third-order valence-corrected chi connectivity index (χ3v) is 24.4. The van der Waals surface area contributed by atoms with Crippen molar-refractivity contribution in [3.8, 4) is 11.3 Å². The molecule has 0 bridgehead atoms. The van der Waals surface area contributed by atoms with E-state index in [1.165, 1.54) is 18.3 Å². The van der Waals surface area contributed by atoms with E-state index in [9.17, 15) is 33.7 Å². The van der Waals surface area contributed by atoms with E-state index in [4.69, 9.17) is 74.1 Å². The van der Waals surface area contributed by atoms with Gasteiger partial charge in [0.15, 0.2) is 11.2 Å². The molecule has 0 spiro atoms. The number of nitrogen functional groups attached to an aromatic ring is 2. The summed E-state index contributed by atoms with van der Waals surface area (Å²) < 4.78 is 64.9. The fourth-order valence-corrected chi connectivity index (χ4v) is 17.0. The van der Waals surface area contributed by atoms with E-state index in [2.05, 4.69) is 75.0 Å². The summed E-state index contributed by atoms with van der Waals surface area (Å²) in [7, 11) is 1.70. The number of anilines is 2. The first-order chi connectivity index (χ1) is 59.6. The molecule has 5 aliphatic rings. The normalized spacial score (nSPS) is 20.0. The Morgan fingerprint density at radius 2 is 1.44 bits per heavy atom. The number of nitrogens with one attached hydrogen (secondary N) is 1. The molecule has 3 amide bonds. The van der Waals surface area contributed by atoms with Crippen molar-refractivity contribution in [3.05, 3.63) is 124 Å². The molecule has 7 heterocycles. The molecule has 3 aromatic heterocycles. The summed E-state index contributed by atoms with van der Waals surface area (Å²) in [6.45, 7) is 23.3. The molecule has 31 heteroatoms. The summed E-state index contributed by atoms with van der Waals surface area (Å²) in [6, 6.07) is 11.2. The van der Waals surface area contributed by atoms with Crippen LogP contribution in [0.4, 0.5) is 16.6 Å². The molecule has 123 heavy (non-hydrogen) atoms. The van der Waals surface area contributed by atoms with E-state index in [0.29, 0.717) is 202 Å². The number of aromatic nitrogens is 5. The number of nitrogens with two attached hydrogens (primary N) is 3. The number of carbonyl (C=O) groups excluding carboxylic acids is 6. The van der Waals surface area contributed by atoms with Crippen molar-refractivity contribution >= 4 is 69.9 Å². The van der Waals surface area contributed by atoms with Crippen LogP contribution in [0.2, 0.25) is 0 Å². The molecule has 2 aromatic carbocycles. The Bertz CT molecular complexity index is 4350. The van der Waals surface area contributed by atoms with Crippen LogP contribution in [0.25, 0.3) is 33.4 Å². The van der Waals surface area contributed by atoms with Gasteiger partial charge in [-0.25, -0.2) is 19.4 Å². The van der Waals surface area contributed by atoms with E-state index < -0.39 is 23.8 Å². The molecule has 5 aromatic rings. The SMILES string of the molecule is C=C(C(=O)C1CCCC(CC(OC)/C(C)=C/C=C/C=C/C(C)CC(C)C(=O)CC(N=O)/C(C)=C/C(C)CCC(CCC2CCC(OC(=O)N3CCC(N)(C(=O)NCCOCCOCCOCCOCCOCCOCCC(=O)N4CCc5cc(Cn6nc(-c7ccc8oc(N)nc8c7)c7c(N)ncnc76)ccc5C4)CC3)CC2)OC=O)O1)N1CCCCC1. The molecule has 10 rings (SSSR count). The molecule has 674 valence electrons. The lowest BCUT2D eigenvalue weighted by Gasteiger charge is -2.38. The van der Waals surface area contributed by atoms with Crippen LogP contribution in [-0.2, 0) is 90.9 Å². The Kier molecular flexibility index (Phi) is 39.1. The van der Waals surface area contributed by atoms with Gasteiger partial charge in [-0.1, -0.05) is 87.2 Å². The van der Waals surface area contributed by atoms with Crippen molar-refractivity contribution in [1.29, 1.82) is 0 Å². The molecule has 8 unspecified atom stereocenters. The smallest absolute Gasteiger partial charge is 0.410 e. The number of oxazole rings is 1. The molecule has 3 saturated heterocycles. The number of Topliss-reactive ketones (excluding diaryl/α,β-unsaturated/α-hetero) is 2. The Morgan fingerprint density at radius 1 is 0.740 bits per heavy atom. The van der Waals surface area contributed by atoms with Crippen molar-refractivity contribution in [2.75, 3.05) is 137 Å². The van der Waals surface area contributed by atoms with Gasteiger partial charge >= 0.3 is 6.09 Å². The van der Waals surface area contributed by atoms with E-state index >= 15 is 0 Å². The Morgan fingerprint density at radius 3 is 2.13 bits per heavy atom. The van der Waals surface area contributed by atoms with Crippen LogP contribution >= 0.6 is 0 Å². The van der Waals surface area contributed by atoms with Crippen molar-refractivity contribution < 1.29 is 80.6 Å². The maximum Gasteiger partial charge on any atom is 0.410 e. The maximum absolute atomic E-state index is 13.5. The van der Waals surface area contributed by atoms with Gasteiger partial charge in [0, 0.05) is 77.2 Å². The molecule has 4 aliphatic heterocycles. The predicted molar refractivity (Wildman–Crippen MR) is 468 cm³/mol. The summed E-state index contributed by atoms with van der Waals surface area (Å²) in [4.78, 5) is 109. The molecule has 1 aliphatic carbocycles. The summed E-state index contributed by atoms with van der Waals surface area (Å²) in [5.41, 5.74) is 26.6. The molecule has 8 atom stereocenters. The number of nitrogens with zero attached hydrogens (tertiary/aromatic N) is 9. The summed E-state index contributed by atoms with van der Waals surface area (Å²) in [5, 5.41) is 11.9. The Labute approximate surface area is 723 Å². The predicted octanol–water partition coefficient (Wildman–Crippen LogP) is 12.2. The molecule has 1 saturated carbocycles. The average Bonchev–Trinajstić information content (AvgIpc) is 1.61. The van der Waals surface area contributed by atoms with Crippen LogP contribution < -0.4 is 22.5 Å². The minimum absolute atomic E-state index is 0.00521. The van der Waals surface area contributed by atoms with Gasteiger partial charge in [-0.3, -0.25) is 24.0 Å². The summed E-state index contributed by atoms with van der Waals surface area (Å²) >= 11 is 0. The van der Waals surface area contributed by atoms with Gasteiger partial charge in [0.25, 0.3) is 12.5 Å². The number of allylic oxidation sites excluding steroid dienone is 6. The number of carbonyl (C=O) groups is 6. The largest absolute Gasteiger partial charge is 0.465 e. The zero-order valence-electron chi connectivity index (χ0n) is 73.2. The Balaban J connectivity index is 0.487. The number of ether oxygens (including phenoxy) is 10. The minimum atomic E-state index is -1.12. The van der Waals surface area contributed by atoms with Crippen molar-refractivity contribution in [2.24, 2.45) is 34.6 Å². The molecule has 0 radical (unpaired) electrons. The number of hydrogen-bond donors (Lipinski definition) is 4. The van der Waals surface area contributed by atoms with E-state index in [-0.39, 0.29) is 97.6 Å². The van der Waals surface area contributed by atoms with Crippen LogP contribution in [0.3, 0.4) is 0 Å². The van der Waals surface area contributed by atoms with Gasteiger partial charge in [0.1, 0.15) is 53.5 Å². The lowest BCUT2D eigenvalue weighted by molar-refractivity contribution is -0.139. The molecule has 7 N–H and O–H groups in total. The second kappa shape index (κ2) is 50.1. The zero-order valence-corrected chi connectivity index (χ0v) is 73.2. The van der Waals surface area contributed by atoms with Gasteiger partial charge in [-0.2, -0.15) is 15.0 Å². The van der Waals surface area contributed by atoms with Crippen LogP contribution in [0.5, 0.6) is 0 Å². The third-order valence-electron chi connectivity index (χ3n) is 24.4. The molecule has 4 fully saturated rings. The fourth-order valence-electron chi connectivity index (χ4n) is 17.0. The lowest BCUT2D eigenvalue weighted by atomic mass is 9.83. The number of piperidine rings is 2. The quantitative estimate of drug-likeness (QED) is 0.00701. The number of hydrogen-bond acceptors (Lipinski definition) is 27. The second-order valence-corrected chi connectivity index (χ2v) is 33.7. The number of fused-ring (bicyclic) bond motifs is 3. The topological polar surface area (TPSA) is 394 Å². The van der Waals surface area contributed by atoms with Crippen molar-refractivity contribution in [1.82, 2.24) is 44.7 Å². The first-order valence-corrected chi connectivity index (χ1v) is 44.4. The van der Waals surface area contributed by atoms with Crippen molar-refractivity contribution in [2.45, 2.75) is 225 Å². The highest BCUT2D eigenvalue weighted by Gasteiger charge is 2.40. The van der Waals surface area contributed by atoms with Gasteiger partial charge < -0.3 is 89.0 Å². The lowest BCUT2D eigenvalue weighted by Crippen LogP contribution is -2.60. The van der Waals surface area contributed by atoms with Crippen molar-refractivity contribution in [3.63, 3.8) is 0 Å². The molecular formula is C92H133N13O18. The van der Waals surface area contributed by atoms with Crippen LogP contribution in [0, 0.1) is 28.6 Å². The monoisotopic (exact) mass is 1710 g/mol. The number of ketones is 2.